The first-order valence-electron chi connectivity index (χ1n) is 24.7. The molecule has 62 heavy (non-hydrogen) atoms. The zero-order valence-electron chi connectivity index (χ0n) is 38.7. The summed E-state index contributed by atoms with van der Waals surface area (Å²) in [5.74, 6) is -0.612. The van der Waals surface area contributed by atoms with E-state index in [1.165, 1.54) is 159 Å². The number of amides is 1. The van der Waals surface area contributed by atoms with Crippen LogP contribution in [0.2, 0.25) is 0 Å². The molecule has 0 spiro atoms. The number of carbonyl (C=O) groups excluding carboxylic acids is 3. The molecular weight excluding hydrogens is 811 g/mol. The molecule has 6 N–H and O–H groups in total. The number of unbranched alkanes of at least 4 members (excludes halogenated alkanes) is 26. The molecule has 6 atom stereocenters. The highest BCUT2D eigenvalue weighted by atomic mass is 32.2. The molecule has 1 aliphatic rings. The summed E-state index contributed by atoms with van der Waals surface area (Å²) in [5.41, 5.74) is 6.18. The van der Waals surface area contributed by atoms with Gasteiger partial charge in [-0.15, -0.1) is 5.10 Å². The molecule has 0 saturated carbocycles. The number of carbonyl (C=O) groups is 3. The van der Waals surface area contributed by atoms with Crippen LogP contribution in [0.25, 0.3) is 0 Å². The summed E-state index contributed by atoms with van der Waals surface area (Å²) in [5, 5.41) is 40.0. The lowest BCUT2D eigenvalue weighted by atomic mass is 10.0. The molecular formula is C47H87N5O9S. The maximum absolute atomic E-state index is 12.9. The monoisotopic (exact) mass is 898 g/mol. The van der Waals surface area contributed by atoms with Gasteiger partial charge in [0, 0.05) is 24.3 Å². The van der Waals surface area contributed by atoms with Crippen LogP contribution in [0.15, 0.2) is 6.20 Å². The van der Waals surface area contributed by atoms with Crippen molar-refractivity contribution in [2.75, 3.05) is 30.0 Å². The highest BCUT2D eigenvalue weighted by Crippen LogP contribution is 2.29. The van der Waals surface area contributed by atoms with Crippen LogP contribution < -0.4 is 11.1 Å². The van der Waals surface area contributed by atoms with Gasteiger partial charge < -0.3 is 40.6 Å². The van der Waals surface area contributed by atoms with Crippen LogP contribution in [0.1, 0.15) is 213 Å². The van der Waals surface area contributed by atoms with Gasteiger partial charge in [0.25, 0.3) is 0 Å². The van der Waals surface area contributed by atoms with Crippen molar-refractivity contribution >= 4 is 35.4 Å². The molecule has 0 aromatic carbocycles. The lowest BCUT2D eigenvalue weighted by Gasteiger charge is -2.19. The van der Waals surface area contributed by atoms with Crippen LogP contribution in [-0.4, -0.2) is 103 Å². The van der Waals surface area contributed by atoms with Gasteiger partial charge in [-0.2, -0.15) is 11.8 Å². The van der Waals surface area contributed by atoms with Gasteiger partial charge in [0.1, 0.15) is 31.0 Å². The van der Waals surface area contributed by atoms with Crippen LogP contribution in [-0.2, 0) is 28.6 Å². The SMILES string of the molecule is CCCCCCCCCCCCCCCCC(=O)OC[C@H](CSC[C@@H](N)C(=O)Nc1cn([C@H]2OC(CO)[C@@H](O)[C@@H]2O)nn1)OC(=O)CCCCCCCCCCCCCCCC. The van der Waals surface area contributed by atoms with Crippen LogP contribution in [0.3, 0.4) is 0 Å². The lowest BCUT2D eigenvalue weighted by molar-refractivity contribution is -0.157. The van der Waals surface area contributed by atoms with E-state index in [1.807, 2.05) is 0 Å². The number of ether oxygens (including phenoxy) is 3. The van der Waals surface area contributed by atoms with Crippen molar-refractivity contribution in [1.82, 2.24) is 15.0 Å². The standard InChI is InChI=1S/C47H87N5O9S/c1-3-5-7-9-11-13-15-17-19-21-23-25-27-29-31-42(54)59-35-38(60-43(55)32-30-28-26-24-22-20-18-16-14-12-10-8-6-4-2)36-62-37-39(48)46(58)49-41-33-52(51-50-41)47-45(57)44(56)40(34-53)61-47/h33,38-40,44-45,47,53,56-57H,3-32,34-37,48H2,1-2H3,(H,49,58)/t38-,39-,40?,44-,45+,47+/m1/s1. The number of nitrogens with zero attached hydrogens (tertiary/aromatic N) is 3. The number of rotatable bonds is 41. The number of hydrogen-bond acceptors (Lipinski definition) is 13. The summed E-state index contributed by atoms with van der Waals surface area (Å²) >= 11 is 1.32. The van der Waals surface area contributed by atoms with Gasteiger partial charge in [0.2, 0.25) is 5.91 Å². The minimum Gasteiger partial charge on any atom is -0.462 e. The second-order valence-corrected chi connectivity index (χ2v) is 18.5. The smallest absolute Gasteiger partial charge is 0.306 e. The molecule has 15 heteroatoms. The van der Waals surface area contributed by atoms with Crippen LogP contribution in [0.5, 0.6) is 0 Å². The van der Waals surface area contributed by atoms with E-state index in [-0.39, 0.29) is 30.1 Å². The predicted octanol–water partition coefficient (Wildman–Crippen LogP) is 9.09. The van der Waals surface area contributed by atoms with E-state index in [9.17, 15) is 29.7 Å². The molecule has 1 fully saturated rings. The molecule has 1 aromatic heterocycles. The average molecular weight is 898 g/mol. The number of anilines is 1. The van der Waals surface area contributed by atoms with Crippen molar-refractivity contribution in [3.63, 3.8) is 0 Å². The maximum atomic E-state index is 12.9. The van der Waals surface area contributed by atoms with E-state index in [2.05, 4.69) is 29.5 Å². The number of aliphatic hydroxyl groups excluding tert-OH is 3. The summed E-state index contributed by atoms with van der Waals surface area (Å²) in [6.07, 6.45) is 31.2. The topological polar surface area (TPSA) is 208 Å². The molecule has 1 aromatic rings. The Morgan fingerprint density at radius 1 is 0.710 bits per heavy atom. The third kappa shape index (κ3) is 26.5. The molecule has 2 rings (SSSR count). The third-order valence-corrected chi connectivity index (χ3v) is 12.9. The molecule has 360 valence electrons. The zero-order valence-corrected chi connectivity index (χ0v) is 39.5. The van der Waals surface area contributed by atoms with E-state index in [0.717, 1.165) is 43.2 Å². The largest absolute Gasteiger partial charge is 0.462 e. The minimum absolute atomic E-state index is 0.0552. The van der Waals surface area contributed by atoms with Crippen molar-refractivity contribution < 1.29 is 43.9 Å². The Morgan fingerprint density at radius 3 is 1.61 bits per heavy atom. The van der Waals surface area contributed by atoms with Gasteiger partial charge in [0.15, 0.2) is 12.0 Å². The van der Waals surface area contributed by atoms with E-state index >= 15 is 0 Å². The van der Waals surface area contributed by atoms with Crippen molar-refractivity contribution in [3.8, 4) is 0 Å². The fourth-order valence-electron chi connectivity index (χ4n) is 7.72. The Labute approximate surface area is 378 Å². The van der Waals surface area contributed by atoms with Crippen LogP contribution >= 0.6 is 11.8 Å². The molecule has 1 unspecified atom stereocenters. The summed E-state index contributed by atoms with van der Waals surface area (Å²) in [6, 6.07) is -0.950. The molecule has 0 radical (unpaired) electrons. The molecule has 0 bridgehead atoms. The Bertz CT molecular complexity index is 1280. The van der Waals surface area contributed by atoms with Crippen LogP contribution in [0.4, 0.5) is 5.82 Å². The Balaban J connectivity index is 1.70. The Morgan fingerprint density at radius 2 is 1.16 bits per heavy atom. The molecule has 0 aliphatic carbocycles. The molecule has 1 aliphatic heterocycles. The second kappa shape index (κ2) is 37.0. The third-order valence-electron chi connectivity index (χ3n) is 11.7. The maximum Gasteiger partial charge on any atom is 0.306 e. The van der Waals surface area contributed by atoms with Crippen molar-refractivity contribution in [3.05, 3.63) is 6.20 Å². The number of aliphatic hydroxyl groups is 3. The highest BCUT2D eigenvalue weighted by Gasteiger charge is 2.44. The first-order chi connectivity index (χ1) is 30.2. The summed E-state index contributed by atoms with van der Waals surface area (Å²) in [4.78, 5) is 38.4. The number of nitrogens with two attached hydrogens (primary N) is 1. The molecule has 2 heterocycles. The zero-order chi connectivity index (χ0) is 45.0. The van der Waals surface area contributed by atoms with Gasteiger partial charge in [-0.25, -0.2) is 4.68 Å². The summed E-state index contributed by atoms with van der Waals surface area (Å²) in [7, 11) is 0. The van der Waals surface area contributed by atoms with Crippen molar-refractivity contribution in [2.45, 2.75) is 243 Å². The summed E-state index contributed by atoms with van der Waals surface area (Å²) < 4.78 is 18.0. The second-order valence-electron chi connectivity index (χ2n) is 17.4. The van der Waals surface area contributed by atoms with Crippen molar-refractivity contribution in [2.24, 2.45) is 5.73 Å². The number of nitrogens with one attached hydrogen (secondary N) is 1. The first kappa shape index (κ1) is 55.8. The molecule has 14 nitrogen and oxygen atoms in total. The Kier molecular flexibility index (Phi) is 33.3. The van der Waals surface area contributed by atoms with Gasteiger partial charge in [-0.3, -0.25) is 14.4 Å². The quantitative estimate of drug-likeness (QED) is 0.0307. The lowest BCUT2D eigenvalue weighted by Crippen LogP contribution is -2.38. The van der Waals surface area contributed by atoms with Crippen molar-refractivity contribution in [1.29, 1.82) is 0 Å². The number of esters is 2. The van der Waals surface area contributed by atoms with E-state index in [4.69, 9.17) is 19.9 Å². The number of hydrogen-bond donors (Lipinski definition) is 5. The van der Waals surface area contributed by atoms with E-state index in [0.29, 0.717) is 18.6 Å². The predicted molar refractivity (Wildman–Crippen MR) is 248 cm³/mol. The fraction of sp³-hybridized carbons (Fsp3) is 0.894. The molecule has 1 saturated heterocycles. The normalized spacial score (nSPS) is 18.5. The number of thioether (sulfide) groups is 1. The van der Waals surface area contributed by atoms with Gasteiger partial charge in [-0.05, 0) is 12.8 Å². The van der Waals surface area contributed by atoms with Gasteiger partial charge in [0.05, 0.1) is 18.8 Å². The van der Waals surface area contributed by atoms with E-state index in [1.54, 1.807) is 0 Å². The van der Waals surface area contributed by atoms with Gasteiger partial charge in [-0.1, -0.05) is 186 Å². The first-order valence-corrected chi connectivity index (χ1v) is 25.9. The van der Waals surface area contributed by atoms with Crippen LogP contribution in [0, 0.1) is 0 Å². The van der Waals surface area contributed by atoms with Gasteiger partial charge >= 0.3 is 11.9 Å². The Hall–Kier alpha value is -2.30. The number of aromatic nitrogens is 3. The fourth-order valence-corrected chi connectivity index (χ4v) is 8.69. The average Bonchev–Trinajstić information content (AvgIpc) is 3.84. The highest BCUT2D eigenvalue weighted by molar-refractivity contribution is 7.99. The summed E-state index contributed by atoms with van der Waals surface area (Å²) in [6.45, 7) is 3.97. The minimum atomic E-state index is -1.35. The van der Waals surface area contributed by atoms with E-state index < -0.39 is 49.2 Å². The molecule has 1 amide bonds.